The van der Waals surface area contributed by atoms with E-state index in [1.165, 1.54) is 5.75 Å². The van der Waals surface area contributed by atoms with Crippen molar-refractivity contribution in [3.8, 4) is 0 Å². The Kier molecular flexibility index (Phi) is 8.34. The molecule has 0 saturated carbocycles. The van der Waals surface area contributed by atoms with Gasteiger partial charge in [-0.2, -0.15) is 11.8 Å². The van der Waals surface area contributed by atoms with E-state index in [-0.39, 0.29) is 0 Å². The first-order valence-electron chi connectivity index (χ1n) is 7.17. The van der Waals surface area contributed by atoms with E-state index in [1.54, 1.807) is 6.20 Å². The van der Waals surface area contributed by atoms with Crippen molar-refractivity contribution in [2.45, 2.75) is 39.3 Å². The van der Waals surface area contributed by atoms with Crippen molar-refractivity contribution in [1.29, 1.82) is 0 Å². The summed E-state index contributed by atoms with van der Waals surface area (Å²) in [4.78, 5) is 6.69. The van der Waals surface area contributed by atoms with Gasteiger partial charge in [-0.15, -0.1) is 0 Å². The topological polar surface area (TPSA) is 28.2 Å². The Morgan fingerprint density at radius 3 is 2.90 bits per heavy atom. The van der Waals surface area contributed by atoms with Crippen LogP contribution in [0.25, 0.3) is 0 Å². The minimum atomic E-state index is 0.479. The second kappa shape index (κ2) is 9.48. The molecule has 1 heterocycles. The lowest BCUT2D eigenvalue weighted by molar-refractivity contribution is 0.657. The second-order valence-corrected chi connectivity index (χ2v) is 6.44. The van der Waals surface area contributed by atoms with Crippen molar-refractivity contribution in [2.24, 2.45) is 0 Å². The van der Waals surface area contributed by atoms with Crippen LogP contribution < -0.4 is 10.2 Å². The van der Waals surface area contributed by atoms with Gasteiger partial charge in [-0.25, -0.2) is 4.98 Å². The van der Waals surface area contributed by atoms with Crippen LogP contribution in [0.5, 0.6) is 0 Å². The van der Waals surface area contributed by atoms with Crippen LogP contribution in [-0.2, 0) is 6.54 Å². The summed E-state index contributed by atoms with van der Waals surface area (Å²) in [7, 11) is 2.10. The molecule has 1 aromatic rings. The van der Waals surface area contributed by atoms with E-state index in [2.05, 4.69) is 48.4 Å². The Bertz CT molecular complexity index is 401. The number of aromatic nitrogens is 1. The molecule has 1 rings (SSSR count). The van der Waals surface area contributed by atoms with Gasteiger partial charge in [-0.1, -0.05) is 18.5 Å². The maximum absolute atomic E-state index is 6.22. The summed E-state index contributed by atoms with van der Waals surface area (Å²) in [5.41, 5.74) is 1.12. The monoisotopic (exact) mass is 315 g/mol. The van der Waals surface area contributed by atoms with Gasteiger partial charge in [-0.3, -0.25) is 0 Å². The molecular weight excluding hydrogens is 290 g/mol. The quantitative estimate of drug-likeness (QED) is 0.701. The average molecular weight is 316 g/mol. The Morgan fingerprint density at radius 1 is 1.50 bits per heavy atom. The number of nitrogens with zero attached hydrogens (tertiary/aromatic N) is 2. The van der Waals surface area contributed by atoms with Crippen LogP contribution in [0.4, 0.5) is 5.82 Å². The molecule has 1 N–H and O–H groups in total. The Hall–Kier alpha value is -0.450. The first-order chi connectivity index (χ1) is 9.60. The molecule has 3 nitrogen and oxygen atoms in total. The molecule has 0 spiro atoms. The van der Waals surface area contributed by atoms with Crippen LogP contribution in [0.15, 0.2) is 12.3 Å². The predicted octanol–water partition coefficient (Wildman–Crippen LogP) is 3.81. The molecule has 0 fully saturated rings. The maximum atomic E-state index is 6.22. The van der Waals surface area contributed by atoms with Crippen LogP contribution in [0.3, 0.4) is 0 Å². The molecule has 0 radical (unpaired) electrons. The summed E-state index contributed by atoms with van der Waals surface area (Å²) < 4.78 is 0. The SMILES string of the molecule is CCCNCc1cc(N(C)C(C)CCSC)ncc1Cl. The molecule has 0 aliphatic rings. The zero-order chi connectivity index (χ0) is 15.0. The standard InChI is InChI=1S/C15H26ClN3S/c1-5-7-17-10-13-9-15(18-11-14(13)16)19(3)12(2)6-8-20-4/h9,11-12,17H,5-8,10H2,1-4H3. The molecule has 1 aromatic heterocycles. The Balaban J connectivity index is 2.72. The van der Waals surface area contributed by atoms with Crippen LogP contribution in [-0.4, -0.2) is 36.6 Å². The van der Waals surface area contributed by atoms with E-state index < -0.39 is 0 Å². The summed E-state index contributed by atoms with van der Waals surface area (Å²) in [5.74, 6) is 2.17. The summed E-state index contributed by atoms with van der Waals surface area (Å²) in [6.07, 6.45) is 6.19. The van der Waals surface area contributed by atoms with E-state index in [0.29, 0.717) is 6.04 Å². The summed E-state index contributed by atoms with van der Waals surface area (Å²) in [5, 5.41) is 4.13. The number of rotatable bonds is 9. The lowest BCUT2D eigenvalue weighted by Crippen LogP contribution is -2.30. The molecular formula is C15H26ClN3S. The van der Waals surface area contributed by atoms with E-state index in [0.717, 1.165) is 42.3 Å². The highest BCUT2D eigenvalue weighted by Gasteiger charge is 2.12. The first kappa shape index (κ1) is 17.6. The normalized spacial score (nSPS) is 12.4. The zero-order valence-corrected chi connectivity index (χ0v) is 14.5. The summed E-state index contributed by atoms with van der Waals surface area (Å²) in [6, 6.07) is 2.58. The van der Waals surface area contributed by atoms with Gasteiger partial charge in [0, 0.05) is 25.8 Å². The van der Waals surface area contributed by atoms with Crippen molar-refractivity contribution in [3.63, 3.8) is 0 Å². The van der Waals surface area contributed by atoms with Crippen molar-refractivity contribution >= 4 is 29.2 Å². The van der Waals surface area contributed by atoms with Gasteiger partial charge in [-0.05, 0) is 49.9 Å². The number of nitrogens with one attached hydrogen (secondary N) is 1. The van der Waals surface area contributed by atoms with E-state index >= 15 is 0 Å². The maximum Gasteiger partial charge on any atom is 0.128 e. The molecule has 0 amide bonds. The lowest BCUT2D eigenvalue weighted by Gasteiger charge is -2.26. The molecule has 20 heavy (non-hydrogen) atoms. The predicted molar refractivity (Wildman–Crippen MR) is 92.1 cm³/mol. The Labute approximate surface area is 132 Å². The van der Waals surface area contributed by atoms with Crippen molar-refractivity contribution in [1.82, 2.24) is 10.3 Å². The van der Waals surface area contributed by atoms with Gasteiger partial charge in [0.1, 0.15) is 5.82 Å². The van der Waals surface area contributed by atoms with Gasteiger partial charge in [0.15, 0.2) is 0 Å². The minimum absolute atomic E-state index is 0.479. The van der Waals surface area contributed by atoms with Gasteiger partial charge < -0.3 is 10.2 Å². The third-order valence-electron chi connectivity index (χ3n) is 3.42. The number of hydrogen-bond acceptors (Lipinski definition) is 4. The van der Waals surface area contributed by atoms with Crippen LogP contribution >= 0.6 is 23.4 Å². The first-order valence-corrected chi connectivity index (χ1v) is 8.94. The number of anilines is 1. The Morgan fingerprint density at radius 2 is 2.25 bits per heavy atom. The average Bonchev–Trinajstić information content (AvgIpc) is 2.46. The number of hydrogen-bond donors (Lipinski definition) is 1. The molecule has 5 heteroatoms. The molecule has 0 saturated heterocycles. The van der Waals surface area contributed by atoms with Crippen LogP contribution in [0.2, 0.25) is 5.02 Å². The van der Waals surface area contributed by atoms with Crippen molar-refractivity contribution in [2.75, 3.05) is 30.5 Å². The number of thioether (sulfide) groups is 1. The van der Waals surface area contributed by atoms with E-state index in [9.17, 15) is 0 Å². The third-order valence-corrected chi connectivity index (χ3v) is 4.41. The molecule has 1 unspecified atom stereocenters. The van der Waals surface area contributed by atoms with Gasteiger partial charge >= 0.3 is 0 Å². The van der Waals surface area contributed by atoms with Crippen molar-refractivity contribution < 1.29 is 0 Å². The summed E-state index contributed by atoms with van der Waals surface area (Å²) >= 11 is 8.10. The van der Waals surface area contributed by atoms with Gasteiger partial charge in [0.25, 0.3) is 0 Å². The van der Waals surface area contributed by atoms with E-state index in [1.807, 2.05) is 11.8 Å². The molecule has 0 bridgehead atoms. The van der Waals surface area contributed by atoms with Crippen LogP contribution in [0.1, 0.15) is 32.3 Å². The highest BCUT2D eigenvalue weighted by Crippen LogP contribution is 2.22. The number of pyridine rings is 1. The highest BCUT2D eigenvalue weighted by atomic mass is 35.5. The zero-order valence-electron chi connectivity index (χ0n) is 12.9. The lowest BCUT2D eigenvalue weighted by atomic mass is 10.2. The fourth-order valence-electron chi connectivity index (χ4n) is 1.90. The third kappa shape index (κ3) is 5.51. The van der Waals surface area contributed by atoms with Gasteiger partial charge in [0.05, 0.1) is 5.02 Å². The molecule has 1 atom stereocenters. The van der Waals surface area contributed by atoms with Crippen LogP contribution in [0, 0.1) is 0 Å². The molecule has 0 aliphatic heterocycles. The minimum Gasteiger partial charge on any atom is -0.357 e. The fourth-order valence-corrected chi connectivity index (χ4v) is 2.65. The second-order valence-electron chi connectivity index (χ2n) is 5.05. The van der Waals surface area contributed by atoms with E-state index in [4.69, 9.17) is 11.6 Å². The fraction of sp³-hybridized carbons (Fsp3) is 0.667. The number of halogens is 1. The van der Waals surface area contributed by atoms with Gasteiger partial charge in [0.2, 0.25) is 0 Å². The highest BCUT2D eigenvalue weighted by molar-refractivity contribution is 7.98. The smallest absolute Gasteiger partial charge is 0.128 e. The largest absolute Gasteiger partial charge is 0.357 e. The summed E-state index contributed by atoms with van der Waals surface area (Å²) in [6.45, 7) is 6.21. The van der Waals surface area contributed by atoms with Crippen molar-refractivity contribution in [3.05, 3.63) is 22.8 Å². The molecule has 0 aliphatic carbocycles. The molecule has 0 aromatic carbocycles. The molecule has 114 valence electrons.